The van der Waals surface area contributed by atoms with Crippen LogP contribution in [0.25, 0.3) is 0 Å². The number of aryl methyl sites for hydroxylation is 1. The van der Waals surface area contributed by atoms with Crippen LogP contribution in [0.15, 0.2) is 24.4 Å². The Morgan fingerprint density at radius 1 is 1.35 bits per heavy atom. The normalized spacial score (nSPS) is 15.0. The molecule has 138 valence electrons. The van der Waals surface area contributed by atoms with E-state index in [1.165, 1.54) is 11.3 Å². The molecular formula is C19H22ClN3O2S. The van der Waals surface area contributed by atoms with Crippen molar-refractivity contribution in [3.05, 3.63) is 45.4 Å². The lowest BCUT2D eigenvalue weighted by atomic mass is 10.1. The summed E-state index contributed by atoms with van der Waals surface area (Å²) >= 11 is 7.78. The molecule has 1 aromatic heterocycles. The van der Waals surface area contributed by atoms with Crippen LogP contribution in [0, 0.1) is 6.92 Å². The highest BCUT2D eigenvalue weighted by Gasteiger charge is 2.19. The Labute approximate surface area is 162 Å². The molecule has 0 spiro atoms. The predicted octanol–water partition coefficient (Wildman–Crippen LogP) is 4.04. The largest absolute Gasteiger partial charge is 0.333 e. The van der Waals surface area contributed by atoms with Crippen LogP contribution in [-0.2, 0) is 16.0 Å². The zero-order valence-electron chi connectivity index (χ0n) is 14.8. The Kier molecular flexibility index (Phi) is 6.27. The molecule has 0 saturated carbocycles. The first kappa shape index (κ1) is 18.9. The molecule has 1 N–H and O–H groups in total. The van der Waals surface area contributed by atoms with E-state index in [0.29, 0.717) is 24.5 Å². The third kappa shape index (κ3) is 4.83. The second kappa shape index (κ2) is 8.64. The minimum Gasteiger partial charge on any atom is -0.333 e. The van der Waals surface area contributed by atoms with Crippen molar-refractivity contribution in [3.8, 4) is 0 Å². The molecular weight excluding hydrogens is 370 g/mol. The molecule has 2 heterocycles. The van der Waals surface area contributed by atoms with Crippen LogP contribution >= 0.6 is 22.9 Å². The number of aromatic nitrogens is 1. The highest BCUT2D eigenvalue weighted by atomic mass is 35.5. The molecule has 1 aliphatic rings. The first-order chi connectivity index (χ1) is 12.5. The zero-order valence-corrected chi connectivity index (χ0v) is 16.3. The number of benzene rings is 1. The minimum atomic E-state index is -0.199. The van der Waals surface area contributed by atoms with Crippen LogP contribution in [0.4, 0.5) is 5.13 Å². The molecule has 2 amide bonds. The number of amides is 2. The Balaban J connectivity index is 1.58. The van der Waals surface area contributed by atoms with Crippen LogP contribution in [-0.4, -0.2) is 34.8 Å². The average Bonchev–Trinajstić information content (AvgIpc) is 2.94. The van der Waals surface area contributed by atoms with Gasteiger partial charge in [-0.2, -0.15) is 0 Å². The van der Waals surface area contributed by atoms with E-state index in [4.69, 9.17) is 11.6 Å². The SMILES string of the molecule is Cc1cccc(Cc2cnc(NC(=O)CN3CCCCCC3=O)s2)c1Cl. The van der Waals surface area contributed by atoms with Gasteiger partial charge in [0.25, 0.3) is 0 Å². The maximum absolute atomic E-state index is 12.2. The first-order valence-corrected chi connectivity index (χ1v) is 9.98. The number of nitrogens with zero attached hydrogens (tertiary/aromatic N) is 2. The predicted molar refractivity (Wildman–Crippen MR) is 105 cm³/mol. The van der Waals surface area contributed by atoms with Crippen molar-refractivity contribution in [1.29, 1.82) is 0 Å². The third-order valence-electron chi connectivity index (χ3n) is 4.44. The molecule has 0 aliphatic carbocycles. The molecule has 1 aromatic carbocycles. The Hall–Kier alpha value is -1.92. The van der Waals surface area contributed by atoms with Crippen LogP contribution in [0.5, 0.6) is 0 Å². The standard InChI is InChI=1S/C19H22ClN3O2S/c1-13-6-5-7-14(18(13)20)10-15-11-21-19(26-15)22-16(24)12-23-9-4-2-3-8-17(23)25/h5-7,11H,2-4,8-10,12H2,1H3,(H,21,22,24). The zero-order chi connectivity index (χ0) is 18.5. The summed E-state index contributed by atoms with van der Waals surface area (Å²) in [4.78, 5) is 31.2. The van der Waals surface area contributed by atoms with Crippen molar-refractivity contribution in [2.24, 2.45) is 0 Å². The van der Waals surface area contributed by atoms with Crippen molar-refractivity contribution in [1.82, 2.24) is 9.88 Å². The molecule has 0 bridgehead atoms. The number of nitrogens with one attached hydrogen (secondary N) is 1. The summed E-state index contributed by atoms with van der Waals surface area (Å²) in [5.41, 5.74) is 2.09. The lowest BCUT2D eigenvalue weighted by Crippen LogP contribution is -2.37. The fraction of sp³-hybridized carbons (Fsp3) is 0.421. The molecule has 3 rings (SSSR count). The second-order valence-electron chi connectivity index (χ2n) is 6.53. The van der Waals surface area contributed by atoms with E-state index in [2.05, 4.69) is 10.3 Å². The van der Waals surface area contributed by atoms with Gasteiger partial charge in [-0.1, -0.05) is 36.2 Å². The molecule has 26 heavy (non-hydrogen) atoms. The number of halogens is 1. The quantitative estimate of drug-likeness (QED) is 0.836. The number of hydrogen-bond acceptors (Lipinski definition) is 4. The van der Waals surface area contributed by atoms with Crippen molar-refractivity contribution < 1.29 is 9.59 Å². The van der Waals surface area contributed by atoms with Crippen molar-refractivity contribution in [2.45, 2.75) is 39.0 Å². The molecule has 1 fully saturated rings. The topological polar surface area (TPSA) is 62.3 Å². The number of thiazole rings is 1. The maximum Gasteiger partial charge on any atom is 0.245 e. The van der Waals surface area contributed by atoms with Crippen molar-refractivity contribution in [3.63, 3.8) is 0 Å². The summed E-state index contributed by atoms with van der Waals surface area (Å²) in [6, 6.07) is 5.96. The van der Waals surface area contributed by atoms with Gasteiger partial charge >= 0.3 is 0 Å². The fourth-order valence-corrected chi connectivity index (χ4v) is 4.06. The highest BCUT2D eigenvalue weighted by Crippen LogP contribution is 2.26. The van der Waals surface area contributed by atoms with Crippen LogP contribution in [0.2, 0.25) is 5.02 Å². The average molecular weight is 392 g/mol. The molecule has 7 heteroatoms. The number of carbonyl (C=O) groups is 2. The molecule has 1 saturated heterocycles. The monoisotopic (exact) mass is 391 g/mol. The van der Waals surface area contributed by atoms with E-state index in [1.807, 2.05) is 25.1 Å². The third-order valence-corrected chi connectivity index (χ3v) is 5.90. The Bertz CT molecular complexity index is 806. The van der Waals surface area contributed by atoms with Crippen LogP contribution in [0.1, 0.15) is 41.7 Å². The number of anilines is 1. The lowest BCUT2D eigenvalue weighted by molar-refractivity contribution is -0.134. The number of likely N-dealkylation sites (tertiary alicyclic amines) is 1. The maximum atomic E-state index is 12.2. The Morgan fingerprint density at radius 3 is 3.04 bits per heavy atom. The van der Waals surface area contributed by atoms with Gasteiger partial charge in [-0.05, 0) is 30.9 Å². The van der Waals surface area contributed by atoms with E-state index in [9.17, 15) is 9.59 Å². The summed E-state index contributed by atoms with van der Waals surface area (Å²) in [5, 5.41) is 4.13. The van der Waals surface area contributed by atoms with E-state index < -0.39 is 0 Å². The molecule has 1 aliphatic heterocycles. The highest BCUT2D eigenvalue weighted by molar-refractivity contribution is 7.15. The van der Waals surface area contributed by atoms with Gasteiger partial charge in [0.05, 0.1) is 6.54 Å². The van der Waals surface area contributed by atoms with Gasteiger partial charge in [-0.15, -0.1) is 11.3 Å². The van der Waals surface area contributed by atoms with Crippen LogP contribution < -0.4 is 5.32 Å². The Morgan fingerprint density at radius 2 is 2.19 bits per heavy atom. The van der Waals surface area contributed by atoms with Crippen molar-refractivity contribution in [2.75, 3.05) is 18.4 Å². The first-order valence-electron chi connectivity index (χ1n) is 8.79. The van der Waals surface area contributed by atoms with E-state index in [1.54, 1.807) is 11.1 Å². The van der Waals surface area contributed by atoms with Gasteiger partial charge in [-0.25, -0.2) is 4.98 Å². The van der Waals surface area contributed by atoms with Gasteiger partial charge in [-0.3, -0.25) is 9.59 Å². The molecule has 5 nitrogen and oxygen atoms in total. The number of carbonyl (C=O) groups excluding carboxylic acids is 2. The molecule has 0 unspecified atom stereocenters. The summed E-state index contributed by atoms with van der Waals surface area (Å²) in [5.74, 6) is -0.138. The fourth-order valence-electron chi connectivity index (χ4n) is 3.02. The van der Waals surface area contributed by atoms with Gasteiger partial charge in [0.1, 0.15) is 0 Å². The van der Waals surface area contributed by atoms with Gasteiger partial charge in [0.2, 0.25) is 11.8 Å². The number of rotatable bonds is 5. The molecule has 0 atom stereocenters. The smallest absolute Gasteiger partial charge is 0.245 e. The van der Waals surface area contributed by atoms with E-state index >= 15 is 0 Å². The summed E-state index contributed by atoms with van der Waals surface area (Å²) in [6.07, 6.45) is 5.88. The lowest BCUT2D eigenvalue weighted by Gasteiger charge is -2.19. The van der Waals surface area contributed by atoms with Gasteiger partial charge < -0.3 is 10.2 Å². The van der Waals surface area contributed by atoms with Gasteiger partial charge in [0.15, 0.2) is 5.13 Å². The van der Waals surface area contributed by atoms with Gasteiger partial charge in [0, 0.05) is 35.5 Å². The summed E-state index contributed by atoms with van der Waals surface area (Å²) < 4.78 is 0. The molecule has 2 aromatic rings. The number of hydrogen-bond donors (Lipinski definition) is 1. The van der Waals surface area contributed by atoms with E-state index in [-0.39, 0.29) is 18.4 Å². The molecule has 0 radical (unpaired) electrons. The van der Waals surface area contributed by atoms with Crippen molar-refractivity contribution >= 4 is 39.9 Å². The minimum absolute atomic E-state index is 0.0616. The summed E-state index contributed by atoms with van der Waals surface area (Å²) in [6.45, 7) is 2.73. The second-order valence-corrected chi connectivity index (χ2v) is 8.02. The van der Waals surface area contributed by atoms with Crippen LogP contribution in [0.3, 0.4) is 0 Å². The van der Waals surface area contributed by atoms with E-state index in [0.717, 1.165) is 40.3 Å². The summed E-state index contributed by atoms with van der Waals surface area (Å²) in [7, 11) is 0.